The summed E-state index contributed by atoms with van der Waals surface area (Å²) >= 11 is 0. The van der Waals surface area contributed by atoms with Crippen LogP contribution in [0.3, 0.4) is 0 Å². The van der Waals surface area contributed by atoms with Gasteiger partial charge in [0.15, 0.2) is 0 Å². The minimum Gasteiger partial charge on any atom is -0.348 e. The smallest absolute Gasteiger partial charge is 0.242 e. The normalized spacial score (nSPS) is 19.2. The summed E-state index contributed by atoms with van der Waals surface area (Å²) < 4.78 is 29.7. The van der Waals surface area contributed by atoms with Gasteiger partial charge in [0.25, 0.3) is 0 Å². The lowest BCUT2D eigenvalue weighted by molar-refractivity contribution is -0.135. The number of nitrogens with one attached hydrogen (secondary N) is 1. The van der Waals surface area contributed by atoms with E-state index in [1.54, 1.807) is 4.90 Å². The summed E-state index contributed by atoms with van der Waals surface area (Å²) in [6.07, 6.45) is 3.60. The lowest BCUT2D eigenvalue weighted by atomic mass is 9.99. The Kier molecular flexibility index (Phi) is 4.22. The maximum absolute atomic E-state index is 14.4. The lowest BCUT2D eigenvalue weighted by Gasteiger charge is -2.37. The number of halogens is 2. The first-order chi connectivity index (χ1) is 12.5. The molecule has 1 aliphatic heterocycles. The van der Waals surface area contributed by atoms with Crippen LogP contribution in [0.4, 0.5) is 8.78 Å². The second kappa shape index (κ2) is 6.55. The van der Waals surface area contributed by atoms with Crippen molar-refractivity contribution in [2.45, 2.75) is 25.4 Å². The Morgan fingerprint density at radius 3 is 2.69 bits per heavy atom. The molecule has 1 fully saturated rings. The highest BCUT2D eigenvalue weighted by atomic mass is 19.1. The Morgan fingerprint density at radius 2 is 1.96 bits per heavy atom. The number of carbonyl (C=O) groups is 2. The van der Waals surface area contributed by atoms with Crippen LogP contribution < -0.4 is 5.32 Å². The number of hydrogen-bond acceptors (Lipinski definition) is 2. The van der Waals surface area contributed by atoms with Crippen LogP contribution in [0.25, 0.3) is 0 Å². The fourth-order valence-corrected chi connectivity index (χ4v) is 3.46. The van der Waals surface area contributed by atoms with Gasteiger partial charge in [0, 0.05) is 42.5 Å². The van der Waals surface area contributed by atoms with Gasteiger partial charge in [0.05, 0.1) is 6.54 Å². The Balaban J connectivity index is 1.62. The van der Waals surface area contributed by atoms with Gasteiger partial charge in [0.1, 0.15) is 17.7 Å². The third-order valence-corrected chi connectivity index (χ3v) is 4.98. The summed E-state index contributed by atoms with van der Waals surface area (Å²) in [4.78, 5) is 26.1. The highest BCUT2D eigenvalue weighted by Gasteiger charge is 2.35. The van der Waals surface area contributed by atoms with E-state index in [1.165, 1.54) is 12.1 Å². The van der Waals surface area contributed by atoms with E-state index in [1.807, 2.05) is 22.9 Å². The second-order valence-corrected chi connectivity index (χ2v) is 6.77. The number of carbonyl (C=O) groups excluding carboxylic acids is 2. The van der Waals surface area contributed by atoms with Crippen molar-refractivity contribution >= 4 is 11.8 Å². The van der Waals surface area contributed by atoms with Crippen molar-refractivity contribution < 1.29 is 18.4 Å². The number of aromatic nitrogens is 1. The van der Waals surface area contributed by atoms with Gasteiger partial charge in [-0.2, -0.15) is 0 Å². The van der Waals surface area contributed by atoms with Crippen LogP contribution in [0.5, 0.6) is 0 Å². The van der Waals surface area contributed by atoms with E-state index in [9.17, 15) is 18.4 Å². The molecule has 2 aliphatic rings. The van der Waals surface area contributed by atoms with E-state index in [2.05, 4.69) is 5.32 Å². The number of fused-ring (bicyclic) bond motifs is 1. The van der Waals surface area contributed by atoms with Gasteiger partial charge in [-0.3, -0.25) is 9.59 Å². The number of amides is 2. The van der Waals surface area contributed by atoms with Gasteiger partial charge < -0.3 is 14.8 Å². The summed E-state index contributed by atoms with van der Waals surface area (Å²) in [5, 5.41) is 2.66. The number of nitrogens with zero attached hydrogens (tertiary/aromatic N) is 2. The molecule has 136 valence electrons. The van der Waals surface area contributed by atoms with Crippen LogP contribution in [0, 0.1) is 17.6 Å². The van der Waals surface area contributed by atoms with Crippen molar-refractivity contribution in [1.82, 2.24) is 14.8 Å². The average molecular weight is 359 g/mol. The van der Waals surface area contributed by atoms with Crippen molar-refractivity contribution in [3.05, 3.63) is 59.4 Å². The average Bonchev–Trinajstić information content (AvgIpc) is 3.36. The summed E-state index contributed by atoms with van der Waals surface area (Å²) in [6, 6.07) is 6.42. The van der Waals surface area contributed by atoms with E-state index in [4.69, 9.17) is 0 Å². The van der Waals surface area contributed by atoms with Crippen molar-refractivity contribution in [1.29, 1.82) is 0 Å². The standard InChI is InChI=1S/C19H19F2N3O2/c20-13-5-6-14(15(21)10-13)18-16-2-1-7-23(16)8-9-24(18)17(25)11-22-19(26)12-3-4-12/h1-2,5-7,10,12,18H,3-4,8-9,11H2,(H,22,26)/t18-/m0/s1. The van der Waals surface area contributed by atoms with Crippen LogP contribution in [0.2, 0.25) is 0 Å². The molecule has 0 spiro atoms. The molecule has 2 aromatic rings. The van der Waals surface area contributed by atoms with Gasteiger partial charge in [0.2, 0.25) is 11.8 Å². The number of benzene rings is 1. The molecule has 1 N–H and O–H groups in total. The first-order valence-electron chi connectivity index (χ1n) is 8.72. The third kappa shape index (κ3) is 3.09. The predicted octanol–water partition coefficient (Wildman–Crippen LogP) is 2.22. The molecule has 1 aromatic heterocycles. The minimum absolute atomic E-state index is 0.0201. The summed E-state index contributed by atoms with van der Waals surface area (Å²) in [5.41, 5.74) is 1.01. The third-order valence-electron chi connectivity index (χ3n) is 4.98. The molecular weight excluding hydrogens is 340 g/mol. The Labute approximate surface area is 149 Å². The quantitative estimate of drug-likeness (QED) is 0.910. The molecule has 4 rings (SSSR count). The fraction of sp³-hybridized carbons (Fsp3) is 0.368. The van der Waals surface area contributed by atoms with Crippen molar-refractivity contribution in [2.75, 3.05) is 13.1 Å². The molecule has 1 atom stereocenters. The molecular formula is C19H19F2N3O2. The zero-order valence-corrected chi connectivity index (χ0v) is 14.1. The molecule has 0 radical (unpaired) electrons. The molecule has 2 amide bonds. The van der Waals surface area contributed by atoms with E-state index >= 15 is 0 Å². The van der Waals surface area contributed by atoms with Crippen LogP contribution >= 0.6 is 0 Å². The first kappa shape index (κ1) is 16.8. The predicted molar refractivity (Wildman–Crippen MR) is 90.1 cm³/mol. The first-order valence-corrected chi connectivity index (χ1v) is 8.72. The van der Waals surface area contributed by atoms with Crippen LogP contribution in [-0.2, 0) is 16.1 Å². The highest BCUT2D eigenvalue weighted by molar-refractivity contribution is 5.87. The Bertz CT molecular complexity index is 860. The molecule has 7 heteroatoms. The lowest BCUT2D eigenvalue weighted by Crippen LogP contribution is -2.47. The second-order valence-electron chi connectivity index (χ2n) is 6.77. The van der Waals surface area contributed by atoms with E-state index < -0.39 is 17.7 Å². The minimum atomic E-state index is -0.690. The highest BCUT2D eigenvalue weighted by Crippen LogP contribution is 2.34. The maximum atomic E-state index is 14.4. The van der Waals surface area contributed by atoms with Crippen LogP contribution in [-0.4, -0.2) is 34.4 Å². The van der Waals surface area contributed by atoms with Crippen LogP contribution in [0.15, 0.2) is 36.5 Å². The molecule has 5 nitrogen and oxygen atoms in total. The number of hydrogen-bond donors (Lipinski definition) is 1. The van der Waals surface area contributed by atoms with Crippen molar-refractivity contribution in [3.63, 3.8) is 0 Å². The van der Waals surface area contributed by atoms with Crippen molar-refractivity contribution in [3.8, 4) is 0 Å². The van der Waals surface area contributed by atoms with Crippen LogP contribution in [0.1, 0.15) is 30.1 Å². The summed E-state index contributed by atoms with van der Waals surface area (Å²) in [7, 11) is 0. The number of rotatable bonds is 4. The van der Waals surface area contributed by atoms with E-state index in [-0.39, 0.29) is 29.8 Å². The van der Waals surface area contributed by atoms with Gasteiger partial charge in [-0.05, 0) is 31.0 Å². The molecule has 0 bridgehead atoms. The Morgan fingerprint density at radius 1 is 1.15 bits per heavy atom. The molecule has 0 saturated heterocycles. The zero-order chi connectivity index (χ0) is 18.3. The fourth-order valence-electron chi connectivity index (χ4n) is 3.46. The maximum Gasteiger partial charge on any atom is 0.242 e. The molecule has 0 unspecified atom stereocenters. The monoisotopic (exact) mass is 359 g/mol. The Hall–Kier alpha value is -2.70. The zero-order valence-electron chi connectivity index (χ0n) is 14.1. The topological polar surface area (TPSA) is 54.3 Å². The van der Waals surface area contributed by atoms with Crippen molar-refractivity contribution in [2.24, 2.45) is 5.92 Å². The summed E-state index contributed by atoms with van der Waals surface area (Å²) in [5.74, 6) is -1.72. The van der Waals surface area contributed by atoms with E-state index in [0.29, 0.717) is 13.1 Å². The molecule has 1 aliphatic carbocycles. The molecule has 2 heterocycles. The van der Waals surface area contributed by atoms with Gasteiger partial charge >= 0.3 is 0 Å². The van der Waals surface area contributed by atoms with Gasteiger partial charge in [-0.15, -0.1) is 0 Å². The molecule has 26 heavy (non-hydrogen) atoms. The SMILES string of the molecule is O=C(NCC(=O)N1CCn2cccc2[C@@H]1c1ccc(F)cc1F)C1CC1. The molecule has 1 aromatic carbocycles. The summed E-state index contributed by atoms with van der Waals surface area (Å²) in [6.45, 7) is 0.862. The van der Waals surface area contributed by atoms with Gasteiger partial charge in [-0.25, -0.2) is 8.78 Å². The largest absolute Gasteiger partial charge is 0.348 e. The van der Waals surface area contributed by atoms with Gasteiger partial charge in [-0.1, -0.05) is 6.07 Å². The molecule has 1 saturated carbocycles. The van der Waals surface area contributed by atoms with E-state index in [0.717, 1.165) is 24.6 Å².